The fraction of sp³-hybridized carbons (Fsp3) is 1.00. The lowest BCUT2D eigenvalue weighted by Gasteiger charge is -2.38. The van der Waals surface area contributed by atoms with Crippen LogP contribution in [0, 0.1) is 5.92 Å². The van der Waals surface area contributed by atoms with E-state index in [2.05, 4.69) is 4.90 Å². The molecule has 0 atom stereocenters. The van der Waals surface area contributed by atoms with E-state index < -0.39 is 0 Å². The van der Waals surface area contributed by atoms with Gasteiger partial charge in [-0.2, -0.15) is 0 Å². The molecule has 1 aliphatic rings. The molecule has 0 radical (unpaired) electrons. The summed E-state index contributed by atoms with van der Waals surface area (Å²) in [6.45, 7) is 4.45. The van der Waals surface area contributed by atoms with Gasteiger partial charge in [-0.3, -0.25) is 0 Å². The van der Waals surface area contributed by atoms with Gasteiger partial charge in [0, 0.05) is 45.9 Å². The van der Waals surface area contributed by atoms with Crippen molar-refractivity contribution in [1.82, 2.24) is 4.90 Å². The first-order chi connectivity index (χ1) is 5.36. The van der Waals surface area contributed by atoms with E-state index in [4.69, 9.17) is 9.84 Å². The summed E-state index contributed by atoms with van der Waals surface area (Å²) in [6.07, 6.45) is 1.11. The quantitative estimate of drug-likeness (QED) is 0.571. The van der Waals surface area contributed by atoms with E-state index in [0.717, 1.165) is 32.7 Å². The molecule has 0 aromatic rings. The van der Waals surface area contributed by atoms with Crippen molar-refractivity contribution in [3.05, 3.63) is 0 Å². The van der Waals surface area contributed by atoms with Crippen LogP contribution >= 0.6 is 0 Å². The van der Waals surface area contributed by atoms with E-state index in [1.165, 1.54) is 0 Å². The fourth-order valence-electron chi connectivity index (χ4n) is 1.41. The third-order valence-corrected chi connectivity index (χ3v) is 2.11. The molecule has 0 aromatic heterocycles. The van der Waals surface area contributed by atoms with E-state index in [1.807, 2.05) is 0 Å². The van der Waals surface area contributed by atoms with E-state index >= 15 is 0 Å². The Morgan fingerprint density at radius 3 is 2.82 bits per heavy atom. The highest BCUT2D eigenvalue weighted by Crippen LogP contribution is 2.13. The number of ether oxygens (including phenoxy) is 1. The maximum Gasteiger partial charge on any atom is 0.0483 e. The summed E-state index contributed by atoms with van der Waals surface area (Å²) in [5, 5.41) is 8.72. The van der Waals surface area contributed by atoms with Crippen LogP contribution in [-0.2, 0) is 4.74 Å². The zero-order valence-electron chi connectivity index (χ0n) is 7.12. The summed E-state index contributed by atoms with van der Waals surface area (Å²) in [5.74, 6) is 0.539. The lowest BCUT2D eigenvalue weighted by atomic mass is 10.0. The van der Waals surface area contributed by atoms with Crippen LogP contribution in [0.3, 0.4) is 0 Å². The number of likely N-dealkylation sites (tertiary alicyclic amines) is 1. The number of methoxy groups -OCH3 is 1. The smallest absolute Gasteiger partial charge is 0.0483 e. The van der Waals surface area contributed by atoms with Crippen LogP contribution in [-0.4, -0.2) is 50.0 Å². The van der Waals surface area contributed by atoms with Gasteiger partial charge in [0.05, 0.1) is 0 Å². The highest BCUT2D eigenvalue weighted by atomic mass is 16.5. The molecule has 0 saturated carbocycles. The van der Waals surface area contributed by atoms with Gasteiger partial charge in [0.25, 0.3) is 0 Å². The average molecular weight is 159 g/mol. The van der Waals surface area contributed by atoms with Gasteiger partial charge in [-0.25, -0.2) is 0 Å². The number of nitrogens with zero attached hydrogens (tertiary/aromatic N) is 1. The van der Waals surface area contributed by atoms with Crippen LogP contribution in [0.1, 0.15) is 6.42 Å². The van der Waals surface area contributed by atoms with Crippen molar-refractivity contribution in [3.63, 3.8) is 0 Å². The minimum absolute atomic E-state index is 0.348. The Bertz CT molecular complexity index is 102. The van der Waals surface area contributed by atoms with Gasteiger partial charge in [0.1, 0.15) is 0 Å². The molecule has 1 aliphatic heterocycles. The van der Waals surface area contributed by atoms with Crippen molar-refractivity contribution >= 4 is 0 Å². The first kappa shape index (κ1) is 8.97. The van der Waals surface area contributed by atoms with Crippen LogP contribution in [0.5, 0.6) is 0 Å². The highest BCUT2D eigenvalue weighted by Gasteiger charge is 2.24. The monoisotopic (exact) mass is 159 g/mol. The van der Waals surface area contributed by atoms with Crippen molar-refractivity contribution in [2.24, 2.45) is 5.92 Å². The molecule has 3 nitrogen and oxygen atoms in total. The second-order valence-electron chi connectivity index (χ2n) is 3.15. The zero-order chi connectivity index (χ0) is 8.10. The van der Waals surface area contributed by atoms with Crippen LogP contribution < -0.4 is 0 Å². The molecule has 1 N–H and O–H groups in total. The molecule has 1 heterocycles. The lowest BCUT2D eigenvalue weighted by Crippen LogP contribution is -2.48. The second kappa shape index (κ2) is 4.70. The van der Waals surface area contributed by atoms with Gasteiger partial charge in [-0.1, -0.05) is 0 Å². The molecule has 1 saturated heterocycles. The van der Waals surface area contributed by atoms with Crippen molar-refractivity contribution in [3.8, 4) is 0 Å². The number of aliphatic hydroxyl groups excluding tert-OH is 1. The Hall–Kier alpha value is -0.120. The number of rotatable bonds is 5. The third-order valence-electron chi connectivity index (χ3n) is 2.11. The van der Waals surface area contributed by atoms with Crippen LogP contribution in [0.4, 0.5) is 0 Å². The maximum atomic E-state index is 8.72. The molecular weight excluding hydrogens is 142 g/mol. The van der Waals surface area contributed by atoms with Gasteiger partial charge >= 0.3 is 0 Å². The Kier molecular flexibility index (Phi) is 3.83. The molecule has 11 heavy (non-hydrogen) atoms. The molecule has 0 unspecified atom stereocenters. The van der Waals surface area contributed by atoms with E-state index in [9.17, 15) is 0 Å². The Morgan fingerprint density at radius 1 is 1.55 bits per heavy atom. The lowest BCUT2D eigenvalue weighted by molar-refractivity contribution is 0.0469. The molecule has 1 fully saturated rings. The van der Waals surface area contributed by atoms with Crippen molar-refractivity contribution < 1.29 is 9.84 Å². The largest absolute Gasteiger partial charge is 0.396 e. The fourth-order valence-corrected chi connectivity index (χ4v) is 1.41. The van der Waals surface area contributed by atoms with Crippen molar-refractivity contribution in [2.45, 2.75) is 6.42 Å². The summed E-state index contributed by atoms with van der Waals surface area (Å²) < 4.78 is 4.94. The molecule has 0 bridgehead atoms. The molecule has 0 aromatic carbocycles. The summed E-state index contributed by atoms with van der Waals surface area (Å²) in [7, 11) is 1.73. The SMILES string of the molecule is COCCCN1CC(CO)C1. The normalized spacial score (nSPS) is 20.2. The van der Waals surface area contributed by atoms with Gasteiger partial charge in [-0.15, -0.1) is 0 Å². The first-order valence-corrected chi connectivity index (χ1v) is 4.19. The number of hydrogen-bond acceptors (Lipinski definition) is 3. The molecule has 1 rings (SSSR count). The first-order valence-electron chi connectivity index (χ1n) is 4.19. The summed E-state index contributed by atoms with van der Waals surface area (Å²) in [4.78, 5) is 2.35. The third kappa shape index (κ3) is 2.77. The molecule has 3 heteroatoms. The van der Waals surface area contributed by atoms with Gasteiger partial charge < -0.3 is 14.7 Å². The zero-order valence-corrected chi connectivity index (χ0v) is 7.12. The molecule has 66 valence electrons. The van der Waals surface area contributed by atoms with Gasteiger partial charge in [0.2, 0.25) is 0 Å². The maximum absolute atomic E-state index is 8.72. The van der Waals surface area contributed by atoms with E-state index in [1.54, 1.807) is 7.11 Å². The van der Waals surface area contributed by atoms with E-state index in [0.29, 0.717) is 12.5 Å². The predicted octanol–water partition coefficient (Wildman–Crippen LogP) is -0.0530. The van der Waals surface area contributed by atoms with E-state index in [-0.39, 0.29) is 0 Å². The summed E-state index contributed by atoms with van der Waals surface area (Å²) in [6, 6.07) is 0. The van der Waals surface area contributed by atoms with Crippen LogP contribution in [0.2, 0.25) is 0 Å². The Labute approximate surface area is 68.0 Å². The second-order valence-corrected chi connectivity index (χ2v) is 3.15. The number of hydrogen-bond donors (Lipinski definition) is 1. The van der Waals surface area contributed by atoms with Crippen LogP contribution in [0.15, 0.2) is 0 Å². The van der Waals surface area contributed by atoms with Crippen molar-refractivity contribution in [2.75, 3.05) is 40.0 Å². The summed E-state index contributed by atoms with van der Waals surface area (Å²) in [5.41, 5.74) is 0. The minimum Gasteiger partial charge on any atom is -0.396 e. The Morgan fingerprint density at radius 2 is 2.27 bits per heavy atom. The Balaban J connectivity index is 1.88. The number of aliphatic hydroxyl groups is 1. The molecule has 0 spiro atoms. The molecular formula is C8H17NO2. The van der Waals surface area contributed by atoms with Crippen molar-refractivity contribution in [1.29, 1.82) is 0 Å². The molecule has 0 amide bonds. The highest BCUT2D eigenvalue weighted by molar-refractivity contribution is 4.78. The van der Waals surface area contributed by atoms with Crippen LogP contribution in [0.25, 0.3) is 0 Å². The topological polar surface area (TPSA) is 32.7 Å². The minimum atomic E-state index is 0.348. The predicted molar refractivity (Wildman–Crippen MR) is 43.5 cm³/mol. The molecule has 0 aliphatic carbocycles. The van der Waals surface area contributed by atoms with Gasteiger partial charge in [-0.05, 0) is 6.42 Å². The standard InChI is InChI=1S/C8H17NO2/c1-11-4-2-3-9-5-8(6-9)7-10/h8,10H,2-7H2,1H3. The average Bonchev–Trinajstić information content (AvgIpc) is 1.94. The summed E-state index contributed by atoms with van der Waals surface area (Å²) >= 11 is 0. The van der Waals surface area contributed by atoms with Gasteiger partial charge in [0.15, 0.2) is 0 Å².